The van der Waals surface area contributed by atoms with E-state index >= 15 is 0 Å². The zero-order valence-electron chi connectivity index (χ0n) is 19.9. The van der Waals surface area contributed by atoms with Crippen molar-refractivity contribution in [3.05, 3.63) is 94.8 Å². The Morgan fingerprint density at radius 1 is 1.03 bits per heavy atom. The number of oxime groups is 1. The van der Waals surface area contributed by atoms with Gasteiger partial charge in [0.2, 0.25) is 0 Å². The van der Waals surface area contributed by atoms with Gasteiger partial charge in [-0.05, 0) is 55.5 Å². The number of aryl methyl sites for hydroxylation is 1. The molecule has 0 aliphatic rings. The van der Waals surface area contributed by atoms with Gasteiger partial charge in [-0.1, -0.05) is 40.5 Å². The highest BCUT2D eigenvalue weighted by Crippen LogP contribution is 2.41. The first-order valence-electron chi connectivity index (χ1n) is 11.2. The summed E-state index contributed by atoms with van der Waals surface area (Å²) in [6, 6.07) is 18.7. The van der Waals surface area contributed by atoms with Gasteiger partial charge in [0.25, 0.3) is 10.0 Å². The third-order valence-electron chi connectivity index (χ3n) is 5.95. The standard InChI is InChI=1S/C27H22ClN3O5S/c1-17-6-12-20(13-7-17)37(33,34)31-23-4-3-5-25(36-19-10-8-18(28)9-11-19)27(23)26-21(16-35-2)22(14-30-32)29-15-24(26)31/h3-15,32H,16H2,1-2H3/b30-14+. The summed E-state index contributed by atoms with van der Waals surface area (Å²) in [6.45, 7) is 1.98. The minimum atomic E-state index is -4.04. The Labute approximate surface area is 218 Å². The molecule has 0 spiro atoms. The van der Waals surface area contributed by atoms with Crippen LogP contribution in [0.2, 0.25) is 5.02 Å². The van der Waals surface area contributed by atoms with Crippen LogP contribution >= 0.6 is 11.6 Å². The molecule has 0 atom stereocenters. The van der Waals surface area contributed by atoms with E-state index in [0.717, 1.165) is 5.56 Å². The molecule has 0 bridgehead atoms. The molecule has 0 aliphatic heterocycles. The first-order valence-corrected chi connectivity index (χ1v) is 13.0. The smallest absolute Gasteiger partial charge is 0.268 e. The topological polar surface area (TPSA) is 103 Å². The molecule has 8 nitrogen and oxygen atoms in total. The Kier molecular flexibility index (Phi) is 6.59. The Bertz CT molecular complexity index is 1750. The SMILES string of the molecule is COCc1c(/C=N/O)ncc2c1c1c(Oc3ccc(Cl)cc3)cccc1n2S(=O)(=O)c1ccc(C)cc1. The van der Waals surface area contributed by atoms with Crippen molar-refractivity contribution < 1.29 is 23.1 Å². The minimum Gasteiger partial charge on any atom is -0.457 e. The maximum absolute atomic E-state index is 14.0. The van der Waals surface area contributed by atoms with E-state index in [1.807, 2.05) is 6.92 Å². The Morgan fingerprint density at radius 3 is 2.43 bits per heavy atom. The molecule has 0 saturated carbocycles. The fourth-order valence-corrected chi connectivity index (χ4v) is 5.93. The fourth-order valence-electron chi connectivity index (χ4n) is 4.30. The van der Waals surface area contributed by atoms with Gasteiger partial charge in [0.15, 0.2) is 0 Å². The third-order valence-corrected chi connectivity index (χ3v) is 7.95. The van der Waals surface area contributed by atoms with Gasteiger partial charge in [0, 0.05) is 23.1 Å². The number of methoxy groups -OCH3 is 1. The van der Waals surface area contributed by atoms with Crippen molar-refractivity contribution in [2.24, 2.45) is 5.16 Å². The molecule has 2 aromatic heterocycles. The molecular formula is C27H22ClN3O5S. The first-order chi connectivity index (χ1) is 17.8. The molecule has 0 fully saturated rings. The van der Waals surface area contributed by atoms with E-state index in [0.29, 0.717) is 49.6 Å². The van der Waals surface area contributed by atoms with Crippen LogP contribution in [0.15, 0.2) is 83.0 Å². The number of fused-ring (bicyclic) bond motifs is 3. The van der Waals surface area contributed by atoms with Crippen molar-refractivity contribution in [1.29, 1.82) is 0 Å². The van der Waals surface area contributed by atoms with E-state index < -0.39 is 10.0 Å². The zero-order valence-corrected chi connectivity index (χ0v) is 21.5. The van der Waals surface area contributed by atoms with Gasteiger partial charge in [0.1, 0.15) is 11.5 Å². The molecule has 0 radical (unpaired) electrons. The van der Waals surface area contributed by atoms with Crippen LogP contribution in [0, 0.1) is 6.92 Å². The number of pyridine rings is 1. The van der Waals surface area contributed by atoms with Gasteiger partial charge in [-0.15, -0.1) is 0 Å². The van der Waals surface area contributed by atoms with Crippen LogP contribution in [0.5, 0.6) is 11.5 Å². The van der Waals surface area contributed by atoms with Crippen LogP contribution in [0.25, 0.3) is 21.8 Å². The molecule has 188 valence electrons. The van der Waals surface area contributed by atoms with E-state index in [2.05, 4.69) is 10.1 Å². The fraction of sp³-hybridized carbons (Fsp3) is 0.111. The monoisotopic (exact) mass is 535 g/mol. The molecule has 2 heterocycles. The molecule has 37 heavy (non-hydrogen) atoms. The van der Waals surface area contributed by atoms with Crippen LogP contribution in [-0.2, 0) is 21.4 Å². The first kappa shape index (κ1) is 24.8. The van der Waals surface area contributed by atoms with Crippen molar-refractivity contribution in [3.63, 3.8) is 0 Å². The number of benzene rings is 3. The second-order valence-corrected chi connectivity index (χ2v) is 10.6. The van der Waals surface area contributed by atoms with E-state index in [4.69, 9.17) is 21.1 Å². The summed E-state index contributed by atoms with van der Waals surface area (Å²) in [5, 5.41) is 14.0. The Morgan fingerprint density at radius 2 is 1.76 bits per heavy atom. The molecule has 1 N–H and O–H groups in total. The molecule has 5 aromatic rings. The summed E-state index contributed by atoms with van der Waals surface area (Å²) >= 11 is 6.03. The number of hydrogen-bond acceptors (Lipinski definition) is 7. The van der Waals surface area contributed by atoms with E-state index in [1.54, 1.807) is 66.7 Å². The lowest BCUT2D eigenvalue weighted by Crippen LogP contribution is -2.13. The molecule has 0 saturated heterocycles. The Hall–Kier alpha value is -3.92. The van der Waals surface area contributed by atoms with Gasteiger partial charge in [0.05, 0.1) is 46.0 Å². The molecule has 5 rings (SSSR count). The summed E-state index contributed by atoms with van der Waals surface area (Å²) in [4.78, 5) is 4.52. The van der Waals surface area contributed by atoms with E-state index in [-0.39, 0.29) is 11.5 Å². The highest BCUT2D eigenvalue weighted by atomic mass is 35.5. The maximum Gasteiger partial charge on any atom is 0.268 e. The van der Waals surface area contributed by atoms with Crippen molar-refractivity contribution in [2.45, 2.75) is 18.4 Å². The van der Waals surface area contributed by atoms with Crippen molar-refractivity contribution >= 4 is 49.6 Å². The van der Waals surface area contributed by atoms with Gasteiger partial charge in [-0.25, -0.2) is 12.4 Å². The van der Waals surface area contributed by atoms with E-state index in [9.17, 15) is 13.6 Å². The Balaban J connectivity index is 1.89. The summed E-state index contributed by atoms with van der Waals surface area (Å²) in [5.41, 5.74) is 2.57. The van der Waals surface area contributed by atoms with Crippen LogP contribution in [0.3, 0.4) is 0 Å². The molecule has 0 amide bonds. The van der Waals surface area contributed by atoms with Gasteiger partial charge in [-0.2, -0.15) is 0 Å². The highest BCUT2D eigenvalue weighted by Gasteiger charge is 2.27. The van der Waals surface area contributed by atoms with Gasteiger partial charge >= 0.3 is 0 Å². The van der Waals surface area contributed by atoms with E-state index in [1.165, 1.54) is 23.5 Å². The molecule has 0 aliphatic carbocycles. The number of halogens is 1. The average Bonchev–Trinajstić information content (AvgIpc) is 3.23. The summed E-state index contributed by atoms with van der Waals surface area (Å²) in [7, 11) is -2.52. The minimum absolute atomic E-state index is 0.0880. The normalized spacial score (nSPS) is 12.1. The zero-order chi connectivity index (χ0) is 26.2. The average molecular weight is 536 g/mol. The largest absolute Gasteiger partial charge is 0.457 e. The summed E-state index contributed by atoms with van der Waals surface area (Å²) in [5.74, 6) is 0.955. The molecule has 10 heteroatoms. The number of ether oxygens (including phenoxy) is 2. The van der Waals surface area contributed by atoms with Crippen LogP contribution in [0.1, 0.15) is 16.8 Å². The van der Waals surface area contributed by atoms with Crippen LogP contribution in [-0.4, -0.2) is 35.9 Å². The third kappa shape index (κ3) is 4.42. The summed E-state index contributed by atoms with van der Waals surface area (Å²) < 4.78 is 40.9. The number of nitrogens with zero attached hydrogens (tertiary/aromatic N) is 3. The van der Waals surface area contributed by atoms with Crippen LogP contribution < -0.4 is 4.74 Å². The predicted molar refractivity (Wildman–Crippen MR) is 143 cm³/mol. The predicted octanol–water partition coefficient (Wildman–Crippen LogP) is 6.14. The maximum atomic E-state index is 14.0. The lowest BCUT2D eigenvalue weighted by molar-refractivity contribution is 0.185. The molecule has 0 unspecified atom stereocenters. The highest BCUT2D eigenvalue weighted by molar-refractivity contribution is 7.90. The second-order valence-electron chi connectivity index (χ2n) is 8.35. The lowest BCUT2D eigenvalue weighted by Gasteiger charge is -2.11. The second kappa shape index (κ2) is 9.85. The lowest BCUT2D eigenvalue weighted by atomic mass is 10.1. The van der Waals surface area contributed by atoms with Gasteiger partial charge < -0.3 is 14.7 Å². The quantitative estimate of drug-likeness (QED) is 0.153. The van der Waals surface area contributed by atoms with Crippen molar-refractivity contribution in [3.8, 4) is 11.5 Å². The van der Waals surface area contributed by atoms with Crippen LogP contribution in [0.4, 0.5) is 0 Å². The number of hydrogen-bond donors (Lipinski definition) is 1. The summed E-state index contributed by atoms with van der Waals surface area (Å²) in [6.07, 6.45) is 2.64. The molecule has 3 aromatic carbocycles. The number of rotatable bonds is 7. The molecular weight excluding hydrogens is 514 g/mol. The van der Waals surface area contributed by atoms with Gasteiger partial charge in [-0.3, -0.25) is 4.98 Å². The van der Waals surface area contributed by atoms with Crippen molar-refractivity contribution in [1.82, 2.24) is 8.96 Å². The number of aromatic nitrogens is 2. The van der Waals surface area contributed by atoms with Crippen molar-refractivity contribution in [2.75, 3.05) is 7.11 Å².